The van der Waals surface area contributed by atoms with Gasteiger partial charge in [0.2, 0.25) is 0 Å². The number of rotatable bonds is 5. The number of amides is 1. The van der Waals surface area contributed by atoms with Gasteiger partial charge in [0.1, 0.15) is 12.1 Å². The van der Waals surface area contributed by atoms with E-state index < -0.39 is 5.72 Å². The summed E-state index contributed by atoms with van der Waals surface area (Å²) in [5.41, 5.74) is 7.74. The van der Waals surface area contributed by atoms with E-state index in [-0.39, 0.29) is 11.9 Å². The Morgan fingerprint density at radius 3 is 2.57 bits per heavy atom. The smallest absolute Gasteiger partial charge is 0.270 e. The van der Waals surface area contributed by atoms with Crippen LogP contribution >= 0.6 is 11.6 Å². The number of piperazine rings is 1. The minimum atomic E-state index is -1.08. The number of nitrogen functional groups attached to an aromatic ring is 1. The second-order valence-corrected chi connectivity index (χ2v) is 9.72. The van der Waals surface area contributed by atoms with Crippen molar-refractivity contribution in [2.75, 3.05) is 19.4 Å². The molecule has 2 N–H and O–H groups in total. The molecule has 7 nitrogen and oxygen atoms in total. The molecule has 1 fully saturated rings. The first kappa shape index (κ1) is 23.5. The largest absolute Gasteiger partial charge is 0.383 e. The van der Waals surface area contributed by atoms with E-state index in [0.29, 0.717) is 25.5 Å². The molecule has 0 saturated carbocycles. The third-order valence-electron chi connectivity index (χ3n) is 7.00. The van der Waals surface area contributed by atoms with Gasteiger partial charge in [-0.05, 0) is 66.1 Å². The molecule has 3 aromatic carbocycles. The van der Waals surface area contributed by atoms with Gasteiger partial charge in [-0.3, -0.25) is 9.69 Å². The molecule has 0 aliphatic carbocycles. The van der Waals surface area contributed by atoms with Crippen LogP contribution in [0.15, 0.2) is 60.9 Å². The van der Waals surface area contributed by atoms with Crippen molar-refractivity contribution >= 4 is 45.0 Å². The molecule has 4 aromatic rings. The molecule has 2 heterocycles. The highest BCUT2D eigenvalue weighted by Crippen LogP contribution is 2.31. The lowest BCUT2D eigenvalue weighted by Crippen LogP contribution is -2.67. The molecule has 1 aromatic heterocycles. The first-order valence-electron chi connectivity index (χ1n) is 11.6. The van der Waals surface area contributed by atoms with Crippen LogP contribution in [0, 0.1) is 0 Å². The van der Waals surface area contributed by atoms with Crippen LogP contribution in [0.4, 0.5) is 5.82 Å². The molecule has 0 bridgehead atoms. The average Bonchev–Trinajstić information content (AvgIpc) is 2.85. The predicted octanol–water partition coefficient (Wildman–Crippen LogP) is 4.61. The number of hydrogen-bond donors (Lipinski definition) is 1. The quantitative estimate of drug-likeness (QED) is 0.440. The number of hydrogen-bond acceptors (Lipinski definition) is 6. The van der Waals surface area contributed by atoms with Crippen LogP contribution in [-0.4, -0.2) is 51.1 Å². The Morgan fingerprint density at radius 1 is 1.06 bits per heavy atom. The predicted molar refractivity (Wildman–Crippen MR) is 139 cm³/mol. The summed E-state index contributed by atoms with van der Waals surface area (Å²) in [6, 6.07) is 18.0. The first-order chi connectivity index (χ1) is 16.8. The zero-order valence-electron chi connectivity index (χ0n) is 20.0. The van der Waals surface area contributed by atoms with Crippen molar-refractivity contribution in [1.82, 2.24) is 19.8 Å². The van der Waals surface area contributed by atoms with E-state index in [1.165, 1.54) is 6.33 Å². The van der Waals surface area contributed by atoms with Crippen molar-refractivity contribution in [3.63, 3.8) is 0 Å². The molecule has 0 radical (unpaired) electrons. The number of halogens is 1. The van der Waals surface area contributed by atoms with Crippen molar-refractivity contribution in [2.45, 2.75) is 38.7 Å². The molecular weight excluding hydrogens is 462 g/mol. The van der Waals surface area contributed by atoms with E-state index in [0.717, 1.165) is 37.8 Å². The van der Waals surface area contributed by atoms with Crippen molar-refractivity contribution in [3.8, 4) is 0 Å². The Balaban J connectivity index is 1.39. The molecule has 1 amide bonds. The topological polar surface area (TPSA) is 84.6 Å². The number of fused-ring (bicyclic) bond motifs is 2. The fourth-order valence-corrected chi connectivity index (χ4v) is 5.04. The van der Waals surface area contributed by atoms with Gasteiger partial charge in [-0.1, -0.05) is 35.9 Å². The van der Waals surface area contributed by atoms with E-state index in [1.807, 2.05) is 48.2 Å². The van der Waals surface area contributed by atoms with Gasteiger partial charge >= 0.3 is 0 Å². The van der Waals surface area contributed by atoms with Crippen LogP contribution in [0.1, 0.15) is 25.0 Å². The van der Waals surface area contributed by atoms with E-state index in [9.17, 15) is 4.79 Å². The number of anilines is 1. The monoisotopic (exact) mass is 489 g/mol. The zero-order valence-corrected chi connectivity index (χ0v) is 20.8. The molecule has 180 valence electrons. The lowest BCUT2D eigenvalue weighted by atomic mass is 10.00. The lowest BCUT2D eigenvalue weighted by molar-refractivity contribution is -0.198. The van der Waals surface area contributed by atoms with Crippen molar-refractivity contribution in [2.24, 2.45) is 0 Å². The van der Waals surface area contributed by atoms with Crippen molar-refractivity contribution in [3.05, 3.63) is 77.1 Å². The summed E-state index contributed by atoms with van der Waals surface area (Å²) in [6.45, 7) is 5.66. The normalized spacial score (nSPS) is 21.2. The maximum atomic E-state index is 13.8. The van der Waals surface area contributed by atoms with Crippen LogP contribution in [0.5, 0.6) is 0 Å². The van der Waals surface area contributed by atoms with Gasteiger partial charge in [0, 0.05) is 43.2 Å². The first-order valence-corrected chi connectivity index (χ1v) is 11.9. The Kier molecular flexibility index (Phi) is 6.09. The van der Waals surface area contributed by atoms with Gasteiger partial charge < -0.3 is 15.4 Å². The van der Waals surface area contributed by atoms with Gasteiger partial charge in [-0.15, -0.1) is 0 Å². The summed E-state index contributed by atoms with van der Waals surface area (Å²) < 4.78 is 5.86. The summed E-state index contributed by atoms with van der Waals surface area (Å²) in [5.74, 6) is 0.386. The molecule has 1 aliphatic heterocycles. The number of benzene rings is 3. The molecule has 1 aliphatic rings. The van der Waals surface area contributed by atoms with Crippen LogP contribution in [0.25, 0.3) is 21.7 Å². The highest BCUT2D eigenvalue weighted by Gasteiger charge is 2.48. The van der Waals surface area contributed by atoms with E-state index in [1.54, 1.807) is 7.11 Å². The van der Waals surface area contributed by atoms with Crippen molar-refractivity contribution in [1.29, 1.82) is 0 Å². The summed E-state index contributed by atoms with van der Waals surface area (Å²) in [4.78, 5) is 26.1. The Morgan fingerprint density at radius 2 is 1.77 bits per heavy atom. The standard InChI is InChI=1S/C27H28ClN5O2/c1-17-13-32(14-18-4-6-21-12-22(28)8-7-20(21)10-18)27(2,35-3)26(34)33(17)15-19-5-9-23-24(11-19)30-16-31-25(23)29/h4-12,16-17H,13-15H2,1-3H3,(H2,29,30,31)/t17-,27+/m1/s1. The molecule has 8 heteroatoms. The molecule has 35 heavy (non-hydrogen) atoms. The summed E-state index contributed by atoms with van der Waals surface area (Å²) >= 11 is 6.13. The van der Waals surface area contributed by atoms with Gasteiger partial charge in [0.05, 0.1) is 5.52 Å². The molecule has 2 atom stereocenters. The fraction of sp³-hybridized carbons (Fsp3) is 0.296. The maximum Gasteiger partial charge on any atom is 0.270 e. The number of nitrogens with two attached hydrogens (primary N) is 1. The number of carbonyl (C=O) groups is 1. The molecular formula is C27H28ClN5O2. The molecule has 0 unspecified atom stereocenters. The van der Waals surface area contributed by atoms with E-state index in [4.69, 9.17) is 22.1 Å². The summed E-state index contributed by atoms with van der Waals surface area (Å²) in [5, 5.41) is 3.73. The Bertz CT molecular complexity index is 1430. The van der Waals surface area contributed by atoms with Gasteiger partial charge in [-0.2, -0.15) is 0 Å². The highest BCUT2D eigenvalue weighted by molar-refractivity contribution is 6.31. The minimum absolute atomic E-state index is 0.00356. The minimum Gasteiger partial charge on any atom is -0.383 e. The van der Waals surface area contributed by atoms with E-state index >= 15 is 0 Å². The average molecular weight is 490 g/mol. The fourth-order valence-electron chi connectivity index (χ4n) is 4.86. The molecule has 5 rings (SSSR count). The summed E-state index contributed by atoms with van der Waals surface area (Å²) in [6.07, 6.45) is 1.46. The zero-order chi connectivity index (χ0) is 24.7. The second-order valence-electron chi connectivity index (χ2n) is 9.29. The van der Waals surface area contributed by atoms with Crippen LogP contribution in [-0.2, 0) is 22.6 Å². The number of ether oxygens (including phenoxy) is 1. The third kappa shape index (κ3) is 4.31. The van der Waals surface area contributed by atoms with Crippen LogP contribution in [0.3, 0.4) is 0 Å². The number of carbonyl (C=O) groups excluding carboxylic acids is 1. The lowest BCUT2D eigenvalue weighted by Gasteiger charge is -2.49. The van der Waals surface area contributed by atoms with Gasteiger partial charge in [0.25, 0.3) is 5.91 Å². The number of nitrogens with zero attached hydrogens (tertiary/aromatic N) is 4. The van der Waals surface area contributed by atoms with Gasteiger partial charge in [-0.25, -0.2) is 9.97 Å². The summed E-state index contributed by atoms with van der Waals surface area (Å²) in [7, 11) is 1.59. The molecule has 1 saturated heterocycles. The maximum absolute atomic E-state index is 13.8. The second kappa shape index (κ2) is 9.07. The van der Waals surface area contributed by atoms with Crippen LogP contribution in [0.2, 0.25) is 5.02 Å². The van der Waals surface area contributed by atoms with Crippen molar-refractivity contribution < 1.29 is 9.53 Å². The SMILES string of the molecule is CO[C@@]1(C)C(=O)N(Cc2ccc3c(N)ncnc3c2)[C@H](C)CN1Cc1ccc2cc(Cl)ccc2c1. The highest BCUT2D eigenvalue weighted by atomic mass is 35.5. The Hall–Kier alpha value is -3.26. The van der Waals surface area contributed by atoms with Crippen LogP contribution < -0.4 is 5.73 Å². The number of methoxy groups -OCH3 is 1. The molecule has 0 spiro atoms. The Labute approximate surface area is 209 Å². The third-order valence-corrected chi connectivity index (χ3v) is 7.24. The number of aromatic nitrogens is 2. The van der Waals surface area contributed by atoms with E-state index in [2.05, 4.69) is 40.0 Å². The van der Waals surface area contributed by atoms with Gasteiger partial charge in [0.15, 0.2) is 5.72 Å².